The van der Waals surface area contributed by atoms with Crippen molar-refractivity contribution in [3.63, 3.8) is 0 Å². The molecule has 0 N–H and O–H groups in total. The molecule has 0 aliphatic rings. The molecule has 0 aliphatic carbocycles. The minimum absolute atomic E-state index is 0.0343. The van der Waals surface area contributed by atoms with Crippen LogP contribution in [0.2, 0.25) is 0 Å². The maximum Gasteiger partial charge on any atom is 0.120 e. The fourth-order valence-corrected chi connectivity index (χ4v) is 2.56. The fraction of sp³-hybridized carbons (Fsp3) is 0.320. The summed E-state index contributed by atoms with van der Waals surface area (Å²) in [5.74, 6) is 7.13. The minimum atomic E-state index is 0.0343. The predicted molar refractivity (Wildman–Crippen MR) is 115 cm³/mol. The topological polar surface area (TPSA) is 36.3 Å². The molecule has 0 aromatic heterocycles. The van der Waals surface area contributed by atoms with Crippen LogP contribution in [0.5, 0.6) is 5.75 Å². The molecule has 28 heavy (non-hydrogen) atoms. The molecule has 2 aromatic rings. The Hall–Kier alpha value is -3.01. The van der Waals surface area contributed by atoms with Gasteiger partial charge in [0.2, 0.25) is 0 Å². The van der Waals surface area contributed by atoms with Gasteiger partial charge in [-0.2, -0.15) is 5.26 Å². The smallest absolute Gasteiger partial charge is 0.120 e. The van der Waals surface area contributed by atoms with Crippen molar-refractivity contribution in [2.75, 3.05) is 13.6 Å². The van der Waals surface area contributed by atoms with E-state index in [2.05, 4.69) is 68.8 Å². The summed E-state index contributed by atoms with van der Waals surface area (Å²) in [5.41, 5.74) is 2.87. The Morgan fingerprint density at radius 2 is 1.82 bits per heavy atom. The summed E-state index contributed by atoms with van der Waals surface area (Å²) < 4.78 is 5.90. The van der Waals surface area contributed by atoms with Crippen LogP contribution in [-0.4, -0.2) is 18.5 Å². The molecule has 0 heterocycles. The van der Waals surface area contributed by atoms with Crippen molar-refractivity contribution in [2.45, 2.75) is 33.9 Å². The van der Waals surface area contributed by atoms with E-state index < -0.39 is 0 Å². The monoisotopic (exact) mass is 372 g/mol. The highest BCUT2D eigenvalue weighted by Gasteiger charge is 2.03. The van der Waals surface area contributed by atoms with Crippen LogP contribution in [0.3, 0.4) is 0 Å². The Labute approximate surface area is 169 Å². The van der Waals surface area contributed by atoms with Crippen LogP contribution < -0.4 is 4.74 Å². The van der Waals surface area contributed by atoms with Crippen molar-refractivity contribution >= 4 is 0 Å². The highest BCUT2D eigenvalue weighted by Crippen LogP contribution is 2.17. The maximum atomic E-state index is 8.99. The molecule has 2 aromatic carbocycles. The van der Waals surface area contributed by atoms with E-state index in [4.69, 9.17) is 10.00 Å². The number of nitrogens with zero attached hydrogens (tertiary/aromatic N) is 2. The fourth-order valence-electron chi connectivity index (χ4n) is 2.56. The molecule has 3 nitrogen and oxygen atoms in total. The van der Waals surface area contributed by atoms with E-state index in [0.717, 1.165) is 24.4 Å². The van der Waals surface area contributed by atoms with Crippen molar-refractivity contribution in [2.24, 2.45) is 5.41 Å². The number of ether oxygens (including phenoxy) is 1. The zero-order valence-corrected chi connectivity index (χ0v) is 17.2. The number of hydrogen-bond donors (Lipinski definition) is 0. The molecule has 0 fully saturated rings. The molecule has 144 valence electrons. The molecule has 0 amide bonds. The lowest BCUT2D eigenvalue weighted by molar-refractivity contribution is 0.304. The van der Waals surface area contributed by atoms with Crippen molar-refractivity contribution in [3.8, 4) is 23.7 Å². The summed E-state index contributed by atoms with van der Waals surface area (Å²) in [6.07, 6.45) is 4.01. The van der Waals surface area contributed by atoms with E-state index in [-0.39, 0.29) is 5.41 Å². The second kappa shape index (κ2) is 10.4. The van der Waals surface area contributed by atoms with Crippen LogP contribution in [0.15, 0.2) is 60.7 Å². The average Bonchev–Trinajstić information content (AvgIpc) is 2.65. The van der Waals surface area contributed by atoms with Crippen LogP contribution in [0.25, 0.3) is 0 Å². The van der Waals surface area contributed by atoms with Crippen molar-refractivity contribution < 1.29 is 4.74 Å². The maximum absolute atomic E-state index is 8.99. The van der Waals surface area contributed by atoms with Gasteiger partial charge >= 0.3 is 0 Å². The number of likely N-dealkylation sites (N-methyl/N-ethyl adjacent to an activating group) is 1. The standard InChI is InChI=1S/C25H28N2O/c1-25(2,3)14-6-5-7-15-27(4)19-22-11-9-13-24(17-22)28-20-23-12-8-10-21(16-23)18-26/h5,7-13,16-17H,15,19-20H2,1-4H3. The Morgan fingerprint density at radius 3 is 2.57 bits per heavy atom. The van der Waals surface area contributed by atoms with Gasteiger partial charge in [0.15, 0.2) is 0 Å². The van der Waals surface area contributed by atoms with Crippen molar-refractivity contribution in [3.05, 3.63) is 77.4 Å². The van der Waals surface area contributed by atoms with Gasteiger partial charge in [0.05, 0.1) is 11.6 Å². The summed E-state index contributed by atoms with van der Waals surface area (Å²) in [7, 11) is 2.09. The molecule has 2 rings (SSSR count). The van der Waals surface area contributed by atoms with Gasteiger partial charge in [0.1, 0.15) is 12.4 Å². The van der Waals surface area contributed by atoms with Gasteiger partial charge < -0.3 is 4.74 Å². The van der Waals surface area contributed by atoms with E-state index >= 15 is 0 Å². The van der Waals surface area contributed by atoms with Gasteiger partial charge in [-0.05, 0) is 69.3 Å². The molecule has 3 heteroatoms. The number of hydrogen-bond acceptors (Lipinski definition) is 3. The van der Waals surface area contributed by atoms with E-state index in [1.54, 1.807) is 6.07 Å². The van der Waals surface area contributed by atoms with Gasteiger partial charge in [0, 0.05) is 18.5 Å². The molecule has 0 aliphatic heterocycles. The Balaban J connectivity index is 1.87. The van der Waals surface area contributed by atoms with Crippen LogP contribution in [0.1, 0.15) is 37.5 Å². The van der Waals surface area contributed by atoms with Gasteiger partial charge in [0.25, 0.3) is 0 Å². The highest BCUT2D eigenvalue weighted by molar-refractivity contribution is 5.33. The molecule has 0 atom stereocenters. The van der Waals surface area contributed by atoms with Crippen LogP contribution in [0.4, 0.5) is 0 Å². The predicted octanol–water partition coefficient (Wildman–Crippen LogP) is 5.17. The molecule has 0 saturated heterocycles. The molecule has 0 saturated carbocycles. The van der Waals surface area contributed by atoms with E-state index in [1.807, 2.05) is 36.4 Å². The lowest BCUT2D eigenvalue weighted by atomic mass is 9.98. The summed E-state index contributed by atoms with van der Waals surface area (Å²) in [5, 5.41) is 8.99. The molecule has 0 spiro atoms. The SMILES string of the molecule is CN(CC=CC#CC(C)(C)C)Cc1cccc(OCc2cccc(C#N)c2)c1. The summed E-state index contributed by atoms with van der Waals surface area (Å²) in [4.78, 5) is 2.23. The second-order valence-corrected chi connectivity index (χ2v) is 7.87. The molecule has 0 radical (unpaired) electrons. The summed E-state index contributed by atoms with van der Waals surface area (Å²) in [6, 6.07) is 17.8. The first kappa shape index (κ1) is 21.3. The highest BCUT2D eigenvalue weighted by atomic mass is 16.5. The molecular formula is C25H28N2O. The van der Waals surface area contributed by atoms with Gasteiger partial charge in [-0.15, -0.1) is 0 Å². The van der Waals surface area contributed by atoms with E-state index in [1.165, 1.54) is 5.56 Å². The Kier molecular flexibility index (Phi) is 7.88. The minimum Gasteiger partial charge on any atom is -0.489 e. The summed E-state index contributed by atoms with van der Waals surface area (Å²) in [6.45, 7) is 8.44. The van der Waals surface area contributed by atoms with E-state index in [9.17, 15) is 0 Å². The third-order valence-corrected chi connectivity index (χ3v) is 3.88. The number of allylic oxidation sites excluding steroid dienone is 1. The largest absolute Gasteiger partial charge is 0.489 e. The van der Waals surface area contributed by atoms with Crippen molar-refractivity contribution in [1.82, 2.24) is 4.90 Å². The van der Waals surface area contributed by atoms with Crippen LogP contribution in [-0.2, 0) is 13.2 Å². The van der Waals surface area contributed by atoms with Crippen molar-refractivity contribution in [1.29, 1.82) is 5.26 Å². The quantitative estimate of drug-likeness (QED) is 0.629. The Bertz CT molecular complexity index is 904. The first-order valence-electron chi connectivity index (χ1n) is 9.43. The number of benzene rings is 2. The first-order chi connectivity index (χ1) is 13.4. The zero-order chi connectivity index (χ0) is 20.4. The molecule has 0 unspecified atom stereocenters. The molecular weight excluding hydrogens is 344 g/mol. The van der Waals surface area contributed by atoms with Crippen LogP contribution in [0, 0.1) is 28.6 Å². The van der Waals surface area contributed by atoms with Crippen LogP contribution >= 0.6 is 0 Å². The second-order valence-electron chi connectivity index (χ2n) is 7.87. The lowest BCUT2D eigenvalue weighted by Gasteiger charge is -2.15. The van der Waals surface area contributed by atoms with Gasteiger partial charge in [-0.3, -0.25) is 4.90 Å². The van der Waals surface area contributed by atoms with Gasteiger partial charge in [-0.1, -0.05) is 42.2 Å². The zero-order valence-electron chi connectivity index (χ0n) is 17.2. The lowest BCUT2D eigenvalue weighted by Crippen LogP contribution is -2.17. The third-order valence-electron chi connectivity index (χ3n) is 3.88. The summed E-state index contributed by atoms with van der Waals surface area (Å²) >= 11 is 0. The first-order valence-corrected chi connectivity index (χ1v) is 9.43. The number of nitriles is 1. The number of rotatable bonds is 7. The van der Waals surface area contributed by atoms with E-state index in [0.29, 0.717) is 12.2 Å². The Morgan fingerprint density at radius 1 is 1.07 bits per heavy atom. The molecule has 0 bridgehead atoms. The third kappa shape index (κ3) is 8.12. The average molecular weight is 373 g/mol. The van der Waals surface area contributed by atoms with Gasteiger partial charge in [-0.25, -0.2) is 0 Å². The normalized spacial score (nSPS) is 11.1.